The normalized spacial score (nSPS) is 18.3. The predicted octanol–water partition coefficient (Wildman–Crippen LogP) is 2.04. The highest BCUT2D eigenvalue weighted by Crippen LogP contribution is 2.28. The second kappa shape index (κ2) is 6.70. The maximum Gasteiger partial charge on any atom is 0.240 e. The highest BCUT2D eigenvalue weighted by Gasteiger charge is 2.28. The van der Waals surface area contributed by atoms with Crippen molar-refractivity contribution in [3.05, 3.63) is 29.8 Å². The van der Waals surface area contributed by atoms with Gasteiger partial charge >= 0.3 is 0 Å². The summed E-state index contributed by atoms with van der Waals surface area (Å²) in [7, 11) is -3.47. The molecule has 4 nitrogen and oxygen atoms in total. The number of aryl methyl sites for hydroxylation is 1. The molecule has 0 aliphatic heterocycles. The Morgan fingerprint density at radius 2 is 2.05 bits per heavy atom. The van der Waals surface area contributed by atoms with Crippen molar-refractivity contribution in [2.75, 3.05) is 6.54 Å². The fourth-order valence-corrected chi connectivity index (χ4v) is 4.28. The van der Waals surface area contributed by atoms with Crippen LogP contribution >= 0.6 is 0 Å². The van der Waals surface area contributed by atoms with Gasteiger partial charge in [0, 0.05) is 12.6 Å². The summed E-state index contributed by atoms with van der Waals surface area (Å²) in [6.07, 6.45) is 5.31. The van der Waals surface area contributed by atoms with Crippen molar-refractivity contribution in [3.63, 3.8) is 0 Å². The monoisotopic (exact) mass is 296 g/mol. The zero-order valence-electron chi connectivity index (χ0n) is 12.0. The summed E-state index contributed by atoms with van der Waals surface area (Å²) in [5.74, 6) is 0.379. The number of nitrogens with one attached hydrogen (secondary N) is 1. The second-order valence-electron chi connectivity index (χ2n) is 5.51. The molecule has 1 unspecified atom stereocenters. The van der Waals surface area contributed by atoms with E-state index >= 15 is 0 Å². The van der Waals surface area contributed by atoms with Crippen LogP contribution < -0.4 is 10.5 Å². The molecule has 1 aromatic carbocycles. The van der Waals surface area contributed by atoms with Crippen LogP contribution in [0.5, 0.6) is 0 Å². The molecular weight excluding hydrogens is 272 g/mol. The third-order valence-corrected chi connectivity index (χ3v) is 5.63. The van der Waals surface area contributed by atoms with E-state index in [1.807, 2.05) is 13.0 Å². The van der Waals surface area contributed by atoms with Gasteiger partial charge in [0.05, 0.1) is 4.90 Å². The fourth-order valence-electron chi connectivity index (χ4n) is 2.90. The van der Waals surface area contributed by atoms with Gasteiger partial charge in [0.2, 0.25) is 10.0 Å². The topological polar surface area (TPSA) is 72.2 Å². The first-order valence-corrected chi connectivity index (χ1v) is 8.86. The predicted molar refractivity (Wildman–Crippen MR) is 80.9 cm³/mol. The molecule has 1 atom stereocenters. The number of nitrogens with two attached hydrogens (primary N) is 1. The molecular formula is C15H24N2O2S. The van der Waals surface area contributed by atoms with Gasteiger partial charge in [-0.3, -0.25) is 0 Å². The van der Waals surface area contributed by atoms with E-state index in [4.69, 9.17) is 5.73 Å². The van der Waals surface area contributed by atoms with E-state index in [1.165, 1.54) is 12.8 Å². The van der Waals surface area contributed by atoms with Gasteiger partial charge in [-0.15, -0.1) is 0 Å². The van der Waals surface area contributed by atoms with Crippen LogP contribution in [-0.2, 0) is 16.4 Å². The van der Waals surface area contributed by atoms with Crippen LogP contribution in [0.25, 0.3) is 0 Å². The lowest BCUT2D eigenvalue weighted by Gasteiger charge is -2.23. The number of hydrogen-bond donors (Lipinski definition) is 2. The molecule has 1 saturated carbocycles. The lowest BCUT2D eigenvalue weighted by atomic mass is 9.99. The van der Waals surface area contributed by atoms with Crippen molar-refractivity contribution in [3.8, 4) is 0 Å². The Kier molecular flexibility index (Phi) is 5.18. The molecule has 1 aliphatic rings. The molecule has 5 heteroatoms. The number of rotatable bonds is 6. The minimum Gasteiger partial charge on any atom is -0.329 e. The third kappa shape index (κ3) is 3.59. The number of sulfonamides is 1. The Morgan fingerprint density at radius 3 is 2.65 bits per heavy atom. The minimum absolute atomic E-state index is 0.146. The van der Waals surface area contributed by atoms with Crippen LogP contribution in [0, 0.1) is 5.92 Å². The standard InChI is InChI=1S/C15H24N2O2S/c1-2-12-6-5-9-14(10-12)20(18,19)17-15(11-16)13-7-3-4-8-13/h5-6,9-10,13,15,17H,2-4,7-8,11,16H2,1H3. The van der Waals surface area contributed by atoms with Gasteiger partial charge in [-0.25, -0.2) is 13.1 Å². The maximum absolute atomic E-state index is 12.5. The van der Waals surface area contributed by atoms with E-state index in [2.05, 4.69) is 4.72 Å². The molecule has 0 radical (unpaired) electrons. The van der Waals surface area contributed by atoms with Crippen molar-refractivity contribution in [2.45, 2.75) is 50.0 Å². The Hall–Kier alpha value is -0.910. The molecule has 1 fully saturated rings. The lowest BCUT2D eigenvalue weighted by Crippen LogP contribution is -2.44. The minimum atomic E-state index is -3.47. The van der Waals surface area contributed by atoms with Gasteiger partial charge in [-0.1, -0.05) is 31.9 Å². The van der Waals surface area contributed by atoms with Crippen molar-refractivity contribution < 1.29 is 8.42 Å². The first kappa shape index (κ1) is 15.5. The van der Waals surface area contributed by atoms with E-state index < -0.39 is 10.0 Å². The molecule has 0 bridgehead atoms. The summed E-state index contributed by atoms with van der Waals surface area (Å²) < 4.78 is 27.7. The quantitative estimate of drug-likeness (QED) is 0.844. The lowest BCUT2D eigenvalue weighted by molar-refractivity contribution is 0.405. The van der Waals surface area contributed by atoms with Gasteiger partial charge in [0.25, 0.3) is 0 Å². The fraction of sp³-hybridized carbons (Fsp3) is 0.600. The van der Waals surface area contributed by atoms with Crippen LogP contribution in [0.4, 0.5) is 0 Å². The highest BCUT2D eigenvalue weighted by molar-refractivity contribution is 7.89. The van der Waals surface area contributed by atoms with Gasteiger partial charge in [-0.2, -0.15) is 0 Å². The van der Waals surface area contributed by atoms with Gasteiger partial charge in [0.15, 0.2) is 0 Å². The molecule has 0 amide bonds. The van der Waals surface area contributed by atoms with Gasteiger partial charge in [0.1, 0.15) is 0 Å². The van der Waals surface area contributed by atoms with E-state index in [1.54, 1.807) is 18.2 Å². The zero-order valence-corrected chi connectivity index (χ0v) is 12.8. The van der Waals surface area contributed by atoms with Gasteiger partial charge in [-0.05, 0) is 42.9 Å². The maximum atomic E-state index is 12.5. The second-order valence-corrected chi connectivity index (χ2v) is 7.22. The van der Waals surface area contributed by atoms with Crippen LogP contribution in [0.3, 0.4) is 0 Å². The van der Waals surface area contributed by atoms with Crippen molar-refractivity contribution in [2.24, 2.45) is 11.7 Å². The number of benzene rings is 1. The summed E-state index contributed by atoms with van der Waals surface area (Å²) in [5.41, 5.74) is 6.79. The molecule has 0 saturated heterocycles. The zero-order chi connectivity index (χ0) is 14.6. The summed E-state index contributed by atoms with van der Waals surface area (Å²) in [6, 6.07) is 6.97. The SMILES string of the molecule is CCc1cccc(S(=O)(=O)NC(CN)C2CCCC2)c1. The average molecular weight is 296 g/mol. The van der Waals surface area contributed by atoms with Crippen LogP contribution in [0.2, 0.25) is 0 Å². The van der Waals surface area contributed by atoms with Crippen LogP contribution in [-0.4, -0.2) is 21.0 Å². The Morgan fingerprint density at radius 1 is 1.35 bits per heavy atom. The Labute approximate surface area is 121 Å². The smallest absolute Gasteiger partial charge is 0.240 e. The molecule has 2 rings (SSSR count). The molecule has 20 heavy (non-hydrogen) atoms. The van der Waals surface area contributed by atoms with Crippen molar-refractivity contribution in [1.29, 1.82) is 0 Å². The third-order valence-electron chi connectivity index (χ3n) is 4.15. The first-order valence-electron chi connectivity index (χ1n) is 7.38. The van der Waals surface area contributed by atoms with Gasteiger partial charge < -0.3 is 5.73 Å². The molecule has 112 valence electrons. The van der Waals surface area contributed by atoms with E-state index in [-0.39, 0.29) is 6.04 Å². The summed E-state index contributed by atoms with van der Waals surface area (Å²) >= 11 is 0. The largest absolute Gasteiger partial charge is 0.329 e. The highest BCUT2D eigenvalue weighted by atomic mass is 32.2. The summed E-state index contributed by atoms with van der Waals surface area (Å²) in [6.45, 7) is 2.37. The summed E-state index contributed by atoms with van der Waals surface area (Å²) in [5, 5.41) is 0. The van der Waals surface area contributed by atoms with Crippen molar-refractivity contribution >= 4 is 10.0 Å². The molecule has 0 heterocycles. The molecule has 3 N–H and O–H groups in total. The van der Waals surface area contributed by atoms with Crippen molar-refractivity contribution in [1.82, 2.24) is 4.72 Å². The number of hydrogen-bond acceptors (Lipinski definition) is 3. The van der Waals surface area contributed by atoms with E-state index in [0.717, 1.165) is 24.8 Å². The molecule has 0 spiro atoms. The average Bonchev–Trinajstić information content (AvgIpc) is 2.99. The Balaban J connectivity index is 2.16. The van der Waals surface area contributed by atoms with Crippen LogP contribution in [0.1, 0.15) is 38.2 Å². The first-order chi connectivity index (χ1) is 9.56. The molecule has 1 aromatic rings. The van der Waals surface area contributed by atoms with E-state index in [0.29, 0.717) is 17.4 Å². The van der Waals surface area contributed by atoms with Crippen LogP contribution in [0.15, 0.2) is 29.2 Å². The molecule has 1 aliphatic carbocycles. The molecule has 0 aromatic heterocycles. The van der Waals surface area contributed by atoms with E-state index in [9.17, 15) is 8.42 Å². The Bertz CT molecular complexity index is 537. The summed E-state index contributed by atoms with van der Waals surface area (Å²) in [4.78, 5) is 0.341.